The summed E-state index contributed by atoms with van der Waals surface area (Å²) in [6.07, 6.45) is 3.54. The molecule has 3 rings (SSSR count). The summed E-state index contributed by atoms with van der Waals surface area (Å²) in [6.45, 7) is 2.95. The molecular weight excluding hydrogens is 316 g/mol. The van der Waals surface area contributed by atoms with E-state index in [1.54, 1.807) is 6.21 Å². The van der Waals surface area contributed by atoms with Crippen LogP contribution < -0.4 is 14.9 Å². The molecular formula is C20H22N2O3. The maximum absolute atomic E-state index is 11.6. The molecule has 0 spiro atoms. The number of rotatable bonds is 8. The van der Waals surface area contributed by atoms with E-state index >= 15 is 0 Å². The number of amides is 1. The number of carbonyl (C=O) groups is 1. The van der Waals surface area contributed by atoms with Crippen molar-refractivity contribution in [1.82, 2.24) is 5.43 Å². The van der Waals surface area contributed by atoms with Crippen molar-refractivity contribution in [3.05, 3.63) is 59.7 Å². The van der Waals surface area contributed by atoms with E-state index in [0.717, 1.165) is 24.0 Å². The van der Waals surface area contributed by atoms with Gasteiger partial charge in [0.1, 0.15) is 6.61 Å². The number of nitrogens with one attached hydrogen (secondary N) is 1. The molecule has 130 valence electrons. The largest absolute Gasteiger partial charge is 0.490 e. The van der Waals surface area contributed by atoms with Crippen LogP contribution in [0, 0.1) is 5.92 Å². The summed E-state index contributed by atoms with van der Waals surface area (Å²) in [5.41, 5.74) is 4.50. The molecule has 1 amide bonds. The van der Waals surface area contributed by atoms with Gasteiger partial charge in [0.15, 0.2) is 11.5 Å². The molecule has 2 aromatic carbocycles. The van der Waals surface area contributed by atoms with Crippen LogP contribution in [-0.4, -0.2) is 18.7 Å². The first-order valence-corrected chi connectivity index (χ1v) is 8.52. The second-order valence-corrected chi connectivity index (χ2v) is 5.92. The van der Waals surface area contributed by atoms with Gasteiger partial charge in [-0.2, -0.15) is 5.10 Å². The summed E-state index contributed by atoms with van der Waals surface area (Å²) in [5, 5.41) is 4.01. The number of nitrogens with zero attached hydrogens (tertiary/aromatic N) is 1. The number of benzene rings is 2. The molecule has 1 fully saturated rings. The lowest BCUT2D eigenvalue weighted by Gasteiger charge is -2.12. The van der Waals surface area contributed by atoms with Crippen LogP contribution in [-0.2, 0) is 11.4 Å². The third-order valence-corrected chi connectivity index (χ3v) is 3.84. The summed E-state index contributed by atoms with van der Waals surface area (Å²) in [7, 11) is 0. The summed E-state index contributed by atoms with van der Waals surface area (Å²) in [4.78, 5) is 11.6. The zero-order chi connectivity index (χ0) is 17.5. The first kappa shape index (κ1) is 17.0. The molecule has 2 aromatic rings. The van der Waals surface area contributed by atoms with Crippen molar-refractivity contribution in [2.45, 2.75) is 26.4 Å². The number of hydrazone groups is 1. The molecule has 0 heterocycles. The van der Waals surface area contributed by atoms with E-state index in [4.69, 9.17) is 9.47 Å². The van der Waals surface area contributed by atoms with Gasteiger partial charge in [0, 0.05) is 5.92 Å². The van der Waals surface area contributed by atoms with Gasteiger partial charge in [0.05, 0.1) is 12.8 Å². The van der Waals surface area contributed by atoms with Gasteiger partial charge in [-0.05, 0) is 49.1 Å². The van der Waals surface area contributed by atoms with Crippen LogP contribution in [0.15, 0.2) is 53.6 Å². The quantitative estimate of drug-likeness (QED) is 0.592. The van der Waals surface area contributed by atoms with Crippen LogP contribution in [0.1, 0.15) is 30.9 Å². The fourth-order valence-corrected chi connectivity index (χ4v) is 2.34. The molecule has 0 bridgehead atoms. The second-order valence-electron chi connectivity index (χ2n) is 5.92. The molecule has 25 heavy (non-hydrogen) atoms. The normalized spacial score (nSPS) is 13.6. The van der Waals surface area contributed by atoms with Crippen molar-refractivity contribution in [3.8, 4) is 11.5 Å². The van der Waals surface area contributed by atoms with Gasteiger partial charge in [-0.1, -0.05) is 30.3 Å². The highest BCUT2D eigenvalue weighted by atomic mass is 16.5. The van der Waals surface area contributed by atoms with E-state index in [0.29, 0.717) is 24.7 Å². The molecule has 5 heteroatoms. The number of ether oxygens (including phenoxy) is 2. The Morgan fingerprint density at radius 3 is 2.68 bits per heavy atom. The Labute approximate surface area is 147 Å². The highest BCUT2D eigenvalue weighted by Crippen LogP contribution is 2.29. The van der Waals surface area contributed by atoms with Crippen LogP contribution in [0.2, 0.25) is 0 Å². The lowest BCUT2D eigenvalue weighted by Crippen LogP contribution is -2.18. The average Bonchev–Trinajstić information content (AvgIpc) is 3.47. The van der Waals surface area contributed by atoms with Gasteiger partial charge < -0.3 is 9.47 Å². The van der Waals surface area contributed by atoms with E-state index in [2.05, 4.69) is 10.5 Å². The molecule has 0 aliphatic heterocycles. The maximum Gasteiger partial charge on any atom is 0.243 e. The fraction of sp³-hybridized carbons (Fsp3) is 0.300. The zero-order valence-corrected chi connectivity index (χ0v) is 14.3. The van der Waals surface area contributed by atoms with Crippen molar-refractivity contribution >= 4 is 12.1 Å². The Kier molecular flexibility index (Phi) is 5.67. The maximum atomic E-state index is 11.6. The third-order valence-electron chi connectivity index (χ3n) is 3.84. The average molecular weight is 338 g/mol. The Morgan fingerprint density at radius 2 is 1.96 bits per heavy atom. The lowest BCUT2D eigenvalue weighted by molar-refractivity contribution is -0.122. The monoisotopic (exact) mass is 338 g/mol. The Bertz CT molecular complexity index is 740. The predicted molar refractivity (Wildman–Crippen MR) is 96.8 cm³/mol. The fourth-order valence-electron chi connectivity index (χ4n) is 2.34. The van der Waals surface area contributed by atoms with E-state index in [1.165, 1.54) is 0 Å². The minimum absolute atomic E-state index is 0.0101. The van der Waals surface area contributed by atoms with Gasteiger partial charge in [-0.3, -0.25) is 4.79 Å². The first-order chi connectivity index (χ1) is 12.3. The lowest BCUT2D eigenvalue weighted by atomic mass is 10.2. The summed E-state index contributed by atoms with van der Waals surface area (Å²) < 4.78 is 11.5. The Hall–Kier alpha value is -2.82. The number of hydrogen-bond acceptors (Lipinski definition) is 4. The summed E-state index contributed by atoms with van der Waals surface area (Å²) in [6, 6.07) is 15.6. The number of hydrogen-bond donors (Lipinski definition) is 1. The highest BCUT2D eigenvalue weighted by molar-refractivity contribution is 5.84. The molecule has 1 saturated carbocycles. The van der Waals surface area contributed by atoms with E-state index in [-0.39, 0.29) is 11.8 Å². The minimum atomic E-state index is -0.0101. The summed E-state index contributed by atoms with van der Waals surface area (Å²) >= 11 is 0. The van der Waals surface area contributed by atoms with Gasteiger partial charge >= 0.3 is 0 Å². The Balaban J connectivity index is 1.64. The molecule has 1 aliphatic rings. The molecule has 0 aromatic heterocycles. The zero-order valence-electron chi connectivity index (χ0n) is 14.3. The molecule has 0 atom stereocenters. The molecule has 5 nitrogen and oxygen atoms in total. The van der Waals surface area contributed by atoms with Crippen LogP contribution in [0.25, 0.3) is 0 Å². The second kappa shape index (κ2) is 8.33. The minimum Gasteiger partial charge on any atom is -0.490 e. The standard InChI is InChI=1S/C20H22N2O3/c1-2-24-19-12-16(13-21-22-20(23)17-9-10-17)8-11-18(19)25-14-15-6-4-3-5-7-15/h3-8,11-13,17H,2,9-10,14H2,1H3,(H,22,23)/b21-13-. The molecule has 0 saturated heterocycles. The van der Waals surface area contributed by atoms with Crippen molar-refractivity contribution in [1.29, 1.82) is 0 Å². The van der Waals surface area contributed by atoms with Gasteiger partial charge in [0.25, 0.3) is 0 Å². The van der Waals surface area contributed by atoms with E-state index < -0.39 is 0 Å². The van der Waals surface area contributed by atoms with Crippen LogP contribution in [0.3, 0.4) is 0 Å². The predicted octanol–water partition coefficient (Wildman–Crippen LogP) is 3.52. The van der Waals surface area contributed by atoms with Crippen molar-refractivity contribution in [3.63, 3.8) is 0 Å². The van der Waals surface area contributed by atoms with Crippen molar-refractivity contribution < 1.29 is 14.3 Å². The van der Waals surface area contributed by atoms with Crippen LogP contribution in [0.4, 0.5) is 0 Å². The van der Waals surface area contributed by atoms with Gasteiger partial charge in [0.2, 0.25) is 5.91 Å². The summed E-state index contributed by atoms with van der Waals surface area (Å²) in [5.74, 6) is 1.48. The molecule has 0 radical (unpaired) electrons. The van der Waals surface area contributed by atoms with Crippen molar-refractivity contribution in [2.75, 3.05) is 6.61 Å². The molecule has 1 N–H and O–H groups in total. The van der Waals surface area contributed by atoms with Crippen LogP contribution in [0.5, 0.6) is 11.5 Å². The van der Waals surface area contributed by atoms with Crippen LogP contribution >= 0.6 is 0 Å². The van der Waals surface area contributed by atoms with Gasteiger partial charge in [-0.25, -0.2) is 5.43 Å². The topological polar surface area (TPSA) is 59.9 Å². The van der Waals surface area contributed by atoms with E-state index in [1.807, 2.05) is 55.5 Å². The molecule has 1 aliphatic carbocycles. The first-order valence-electron chi connectivity index (χ1n) is 8.52. The SMILES string of the molecule is CCOc1cc(/C=N\NC(=O)C2CC2)ccc1OCc1ccccc1. The van der Waals surface area contributed by atoms with E-state index in [9.17, 15) is 4.79 Å². The van der Waals surface area contributed by atoms with Gasteiger partial charge in [-0.15, -0.1) is 0 Å². The van der Waals surface area contributed by atoms with Crippen molar-refractivity contribution in [2.24, 2.45) is 11.0 Å². The third kappa shape index (κ3) is 5.08. The smallest absolute Gasteiger partial charge is 0.243 e. The number of carbonyl (C=O) groups excluding carboxylic acids is 1. The molecule has 0 unspecified atom stereocenters. The Morgan fingerprint density at radius 1 is 1.16 bits per heavy atom. The highest BCUT2D eigenvalue weighted by Gasteiger charge is 2.29.